The van der Waals surface area contributed by atoms with E-state index in [0.717, 1.165) is 237 Å². The van der Waals surface area contributed by atoms with Crippen molar-refractivity contribution in [1.29, 1.82) is 15.8 Å². The maximum atomic E-state index is 15.2. The van der Waals surface area contributed by atoms with Gasteiger partial charge >= 0.3 is 0 Å². The van der Waals surface area contributed by atoms with Crippen LogP contribution in [0.15, 0.2) is 168 Å². The molecular formula is C94H78F4N4O2S4. The van der Waals surface area contributed by atoms with Crippen molar-refractivity contribution < 1.29 is 27.2 Å². The minimum atomic E-state index is -1.21. The molecule has 4 aromatic heterocycles. The Bertz CT molecular complexity index is 5270. The molecule has 0 atom stereocenters. The zero-order valence-electron chi connectivity index (χ0n) is 60.9. The molecule has 0 bridgehead atoms. The average molecular weight is 1500 g/mol. The number of hydrogen-bond donors (Lipinski definition) is 0. The van der Waals surface area contributed by atoms with Gasteiger partial charge < -0.3 is 0 Å². The molecule has 0 aliphatic heterocycles. The van der Waals surface area contributed by atoms with E-state index >= 15 is 17.6 Å². The Hall–Kier alpha value is -10.2. The van der Waals surface area contributed by atoms with Gasteiger partial charge in [0.05, 0.1) is 32.9 Å². The molecule has 0 N–H and O–H groups in total. The lowest BCUT2D eigenvalue weighted by Crippen LogP contribution is -2.30. The van der Waals surface area contributed by atoms with Gasteiger partial charge in [-0.1, -0.05) is 202 Å². The van der Waals surface area contributed by atoms with E-state index in [1.807, 2.05) is 18.2 Å². The maximum Gasteiger partial charge on any atom is 0.270 e. The van der Waals surface area contributed by atoms with Crippen LogP contribution >= 0.6 is 45.3 Å². The van der Waals surface area contributed by atoms with Crippen LogP contribution < -0.4 is 0 Å². The standard InChI is InChI=1S/C94H78F4N4O2S4/c1-6-10-14-18-22-55-26-34-60(35-27-55)93(61-36-28-56(29-37-61)23-19-15-11-7-2)74-47-71-75(46-70(74)89-85(93)91-81(107-89)44-64(105-91)42-72-83(59(52-99)53-100)66-48-76(95)78(97)50-68(66)87(72)103)94(62-38-30-57(31-39-62)24-20-16-12-8-3,63-40-32-58(33-41-63)25-21-17-13-9-4)86-90(71)108-82-45-65(106-92(82)86)43-73-84(80(54-101)102-5)67-49-77(96)79(98)51-69(67)88(73)104/h26-51H,6-25H2,1-4H3/b72-42-,73-43-,84-80?. The number of ketones is 2. The van der Waals surface area contributed by atoms with Crippen LogP contribution in [0.3, 0.4) is 0 Å². The highest BCUT2D eigenvalue weighted by Gasteiger charge is 2.55. The molecule has 4 aliphatic rings. The molecule has 0 spiro atoms. The SMILES string of the molecule is [C-]#[N+]C(C#N)=C1/C(=C/c2cc3sc4c(c3s2)C(c2ccc(CCCCCC)cc2)(c2ccc(CCCCCC)cc2)c2cc3c(cc2-4)C(c2ccc(CCCCCC)cc2)(c2ccc(CCCCCC)cc2)c2c-3sc3cc(/C=C4\C(=O)c5cc(F)c(F)cc5C4=C(C#N)C#N)sc23)C(=O)c2cc(F)c(F)cc21. The van der Waals surface area contributed by atoms with Crippen molar-refractivity contribution in [2.24, 2.45) is 0 Å². The van der Waals surface area contributed by atoms with E-state index in [2.05, 4.69) is 154 Å². The van der Waals surface area contributed by atoms with Crippen LogP contribution in [0.4, 0.5) is 17.6 Å². The Labute approximate surface area is 644 Å². The lowest BCUT2D eigenvalue weighted by atomic mass is 9.65. The Morgan fingerprint density at radius 2 is 0.731 bits per heavy atom. The Kier molecular flexibility index (Phi) is 20.9. The molecule has 14 heteroatoms. The van der Waals surface area contributed by atoms with Crippen molar-refractivity contribution >= 4 is 99.0 Å². The predicted octanol–water partition coefficient (Wildman–Crippen LogP) is 26.5. The van der Waals surface area contributed by atoms with Gasteiger partial charge in [0.25, 0.3) is 5.70 Å². The largest absolute Gasteiger partial charge is 0.289 e. The lowest BCUT2D eigenvalue weighted by Gasteiger charge is -2.36. The first kappa shape index (κ1) is 73.4. The highest BCUT2D eigenvalue weighted by atomic mass is 32.1. The first-order chi connectivity index (χ1) is 52.7. The minimum Gasteiger partial charge on any atom is -0.289 e. The van der Waals surface area contributed by atoms with Crippen molar-refractivity contribution in [3.63, 3.8) is 0 Å². The summed E-state index contributed by atoms with van der Waals surface area (Å²) in [5.74, 6) is -6.01. The topological polar surface area (TPSA) is 110 Å². The number of nitrogens with zero attached hydrogens (tertiary/aromatic N) is 4. The van der Waals surface area contributed by atoms with Crippen molar-refractivity contribution in [3.8, 4) is 39.1 Å². The number of halogens is 4. The van der Waals surface area contributed by atoms with Crippen LogP contribution in [0, 0.1) is 63.8 Å². The molecule has 108 heavy (non-hydrogen) atoms. The number of thiophene rings is 4. The highest BCUT2D eigenvalue weighted by molar-refractivity contribution is 7.31. The number of unbranched alkanes of at least 4 members (excludes halogenated alkanes) is 12. The van der Waals surface area contributed by atoms with Crippen LogP contribution in [0.1, 0.15) is 239 Å². The molecule has 4 aliphatic carbocycles. The van der Waals surface area contributed by atoms with E-state index in [1.54, 1.807) is 34.8 Å². The third-order valence-corrected chi connectivity index (χ3v) is 27.3. The molecule has 0 unspecified atom stereocenters. The zero-order chi connectivity index (χ0) is 75.1. The van der Waals surface area contributed by atoms with Crippen molar-refractivity contribution in [2.45, 2.75) is 167 Å². The normalized spacial score (nSPS) is 15.3. The van der Waals surface area contributed by atoms with Gasteiger partial charge in [0.2, 0.25) is 0 Å². The van der Waals surface area contributed by atoms with Crippen LogP contribution in [-0.4, -0.2) is 11.6 Å². The van der Waals surface area contributed by atoms with Gasteiger partial charge in [0.1, 0.15) is 17.7 Å². The van der Waals surface area contributed by atoms with Gasteiger partial charge in [-0.05, 0) is 190 Å². The smallest absolute Gasteiger partial charge is 0.270 e. The number of hydrogen-bond acceptors (Lipinski definition) is 9. The van der Waals surface area contributed by atoms with Crippen molar-refractivity contribution in [2.75, 3.05) is 0 Å². The lowest BCUT2D eigenvalue weighted by molar-refractivity contribution is 0.103. The van der Waals surface area contributed by atoms with E-state index in [-0.39, 0.29) is 50.1 Å². The number of benzene rings is 7. The molecule has 0 saturated carbocycles. The summed E-state index contributed by atoms with van der Waals surface area (Å²) < 4.78 is 64.5. The fourth-order valence-electron chi connectivity index (χ4n) is 17.2. The molecule has 0 amide bonds. The summed E-state index contributed by atoms with van der Waals surface area (Å²) in [6.45, 7) is 17.0. The number of rotatable bonds is 26. The second-order valence-electron chi connectivity index (χ2n) is 29.1. The maximum absolute atomic E-state index is 15.2. The van der Waals surface area contributed by atoms with Crippen LogP contribution in [0.5, 0.6) is 0 Å². The summed E-state index contributed by atoms with van der Waals surface area (Å²) in [4.78, 5) is 36.3. The van der Waals surface area contributed by atoms with Gasteiger partial charge in [-0.3, -0.25) is 9.59 Å². The molecule has 0 saturated heterocycles. The third kappa shape index (κ3) is 12.6. The Morgan fingerprint density at radius 3 is 1.05 bits per heavy atom. The van der Waals surface area contributed by atoms with E-state index < -0.39 is 51.4 Å². The minimum absolute atomic E-state index is 0.00374. The summed E-state index contributed by atoms with van der Waals surface area (Å²) in [5.41, 5.74) is 12.8. The van der Waals surface area contributed by atoms with E-state index in [1.165, 1.54) is 44.9 Å². The summed E-state index contributed by atoms with van der Waals surface area (Å²) >= 11 is 6.41. The van der Waals surface area contributed by atoms with E-state index in [0.29, 0.717) is 9.75 Å². The van der Waals surface area contributed by atoms with Gasteiger partial charge in [0.15, 0.2) is 34.8 Å². The predicted molar refractivity (Wildman–Crippen MR) is 434 cm³/mol. The summed E-state index contributed by atoms with van der Waals surface area (Å²) in [7, 11) is 0. The number of Topliss-reactive ketones (excluding diaryl/α,β-unsaturated/α-hetero) is 2. The molecule has 0 radical (unpaired) electrons. The van der Waals surface area contributed by atoms with Crippen LogP contribution in [-0.2, 0) is 36.5 Å². The monoisotopic (exact) mass is 1500 g/mol. The average Bonchev–Trinajstić information content (AvgIpc) is 1.49. The Morgan fingerprint density at radius 1 is 0.407 bits per heavy atom. The van der Waals surface area contributed by atoms with Crippen molar-refractivity contribution in [3.05, 3.63) is 301 Å². The number of fused-ring (bicyclic) bond motifs is 12. The molecular weight excluding hydrogens is 1420 g/mol. The number of aryl methyl sites for hydroxylation is 4. The van der Waals surface area contributed by atoms with Crippen LogP contribution in [0.25, 0.3) is 67.8 Å². The van der Waals surface area contributed by atoms with E-state index in [4.69, 9.17) is 6.57 Å². The molecule has 7 aromatic carbocycles. The molecule has 15 rings (SSSR count). The fraction of sp³-hybridized carbons (Fsp3) is 0.277. The third-order valence-electron chi connectivity index (χ3n) is 22.5. The van der Waals surface area contributed by atoms with Crippen LogP contribution in [0.2, 0.25) is 0 Å². The molecule has 4 heterocycles. The number of carbonyl (C=O) groups excluding carboxylic acids is 2. The van der Waals surface area contributed by atoms with Gasteiger partial charge in [-0.15, -0.1) is 45.3 Å². The highest BCUT2D eigenvalue weighted by Crippen LogP contribution is 2.68. The second-order valence-corrected chi connectivity index (χ2v) is 33.4. The number of nitriles is 3. The summed E-state index contributed by atoms with van der Waals surface area (Å²) in [5, 5.41) is 31.2. The first-order valence-electron chi connectivity index (χ1n) is 38.0. The van der Waals surface area contributed by atoms with Gasteiger partial charge in [0, 0.05) is 73.5 Å². The quantitative estimate of drug-likeness (QED) is 0.0176. The van der Waals surface area contributed by atoms with Gasteiger partial charge in [-0.25, -0.2) is 27.7 Å². The second kappa shape index (κ2) is 30.8. The van der Waals surface area contributed by atoms with Gasteiger partial charge in [-0.2, -0.15) is 10.5 Å². The summed E-state index contributed by atoms with van der Waals surface area (Å²) in [6, 6.07) is 55.5. The molecule has 11 aromatic rings. The summed E-state index contributed by atoms with van der Waals surface area (Å²) in [6.07, 6.45) is 25.1. The number of allylic oxidation sites excluding steroid dienone is 6. The zero-order valence-corrected chi connectivity index (χ0v) is 64.2. The molecule has 0 fully saturated rings. The van der Waals surface area contributed by atoms with Crippen molar-refractivity contribution in [1.82, 2.24) is 0 Å². The Balaban J connectivity index is 1.01. The van der Waals surface area contributed by atoms with E-state index in [9.17, 15) is 25.4 Å². The molecule has 6 nitrogen and oxygen atoms in total. The molecule has 538 valence electrons. The number of carbonyl (C=O) groups is 2. The first-order valence-corrected chi connectivity index (χ1v) is 41.2. The fourth-order valence-corrected chi connectivity index (χ4v) is 22.6.